The van der Waals surface area contributed by atoms with E-state index in [4.69, 9.17) is 5.26 Å². The molecule has 2 unspecified atom stereocenters. The number of nitrogens with zero attached hydrogens (tertiary/aromatic N) is 2. The molecule has 0 aliphatic carbocycles. The van der Waals surface area contributed by atoms with Crippen LogP contribution < -0.4 is 5.32 Å². The van der Waals surface area contributed by atoms with Gasteiger partial charge in [0.2, 0.25) is 0 Å². The maximum atomic E-state index is 8.76. The summed E-state index contributed by atoms with van der Waals surface area (Å²) < 4.78 is 1.22. The second kappa shape index (κ2) is 5.94. The van der Waals surface area contributed by atoms with Crippen molar-refractivity contribution in [1.29, 1.82) is 5.26 Å². The number of benzene rings is 1. The van der Waals surface area contributed by atoms with Gasteiger partial charge in [-0.3, -0.25) is 0 Å². The van der Waals surface area contributed by atoms with Crippen LogP contribution >= 0.6 is 11.3 Å². The summed E-state index contributed by atoms with van der Waals surface area (Å²) in [6, 6.07) is 10.8. The van der Waals surface area contributed by atoms with Gasteiger partial charge in [-0.25, -0.2) is 4.98 Å². The first-order valence-electron chi connectivity index (χ1n) is 6.23. The molecule has 94 valence electrons. The number of rotatable bonds is 5. The molecule has 0 aliphatic heterocycles. The minimum atomic E-state index is 0.195. The third-order valence-corrected chi connectivity index (χ3v) is 4.22. The largest absolute Gasteiger partial charge is 0.304 e. The van der Waals surface area contributed by atoms with E-state index in [1.165, 1.54) is 4.70 Å². The predicted octanol–water partition coefficient (Wildman–Crippen LogP) is 3.64. The fourth-order valence-electron chi connectivity index (χ4n) is 1.93. The fraction of sp³-hybridized carbons (Fsp3) is 0.429. The van der Waals surface area contributed by atoms with Gasteiger partial charge < -0.3 is 5.32 Å². The zero-order valence-electron chi connectivity index (χ0n) is 10.7. The van der Waals surface area contributed by atoms with Crippen LogP contribution in [0.2, 0.25) is 0 Å². The number of hydrogen-bond acceptors (Lipinski definition) is 4. The van der Waals surface area contributed by atoms with E-state index in [2.05, 4.69) is 36.3 Å². The minimum Gasteiger partial charge on any atom is -0.304 e. The van der Waals surface area contributed by atoms with E-state index in [-0.39, 0.29) is 12.1 Å². The van der Waals surface area contributed by atoms with Crippen molar-refractivity contribution in [2.75, 3.05) is 0 Å². The Hall–Kier alpha value is -1.44. The maximum absolute atomic E-state index is 8.76. The summed E-state index contributed by atoms with van der Waals surface area (Å²) in [5.74, 6) is 0. The second-order valence-corrected chi connectivity index (χ2v) is 5.44. The molecule has 4 heteroatoms. The highest BCUT2D eigenvalue weighted by atomic mass is 32.1. The summed E-state index contributed by atoms with van der Waals surface area (Å²) in [5, 5.41) is 13.3. The molecule has 18 heavy (non-hydrogen) atoms. The van der Waals surface area contributed by atoms with Gasteiger partial charge in [-0.2, -0.15) is 5.26 Å². The standard InChI is InChI=1S/C14H17N3S/c1-3-11(8-9-15)16-10(2)14-17-12-6-4-5-7-13(12)18-14/h4-7,10-11,16H,3,8H2,1-2H3. The van der Waals surface area contributed by atoms with Crippen LogP contribution in [0, 0.1) is 11.3 Å². The monoisotopic (exact) mass is 259 g/mol. The summed E-state index contributed by atoms with van der Waals surface area (Å²) in [5.41, 5.74) is 1.06. The molecule has 2 atom stereocenters. The molecule has 1 N–H and O–H groups in total. The number of thiazole rings is 1. The third kappa shape index (κ3) is 2.87. The number of aromatic nitrogens is 1. The van der Waals surface area contributed by atoms with E-state index >= 15 is 0 Å². The smallest absolute Gasteiger partial charge is 0.111 e. The summed E-state index contributed by atoms with van der Waals surface area (Å²) >= 11 is 1.72. The van der Waals surface area contributed by atoms with Crippen LogP contribution in [0.15, 0.2) is 24.3 Å². The lowest BCUT2D eigenvalue weighted by molar-refractivity contribution is 0.447. The van der Waals surface area contributed by atoms with Crippen molar-refractivity contribution in [3.8, 4) is 6.07 Å². The summed E-state index contributed by atoms with van der Waals surface area (Å²) in [6.07, 6.45) is 1.51. The molecule has 0 fully saturated rings. The van der Waals surface area contributed by atoms with Crippen LogP contribution in [0.1, 0.15) is 37.7 Å². The van der Waals surface area contributed by atoms with Crippen molar-refractivity contribution in [2.45, 2.75) is 38.8 Å². The molecule has 0 saturated heterocycles. The van der Waals surface area contributed by atoms with E-state index in [1.807, 2.05) is 18.2 Å². The normalized spacial score (nSPS) is 14.3. The number of fused-ring (bicyclic) bond motifs is 1. The van der Waals surface area contributed by atoms with Gasteiger partial charge >= 0.3 is 0 Å². The SMILES string of the molecule is CCC(CC#N)NC(C)c1nc2ccccc2s1. The summed E-state index contributed by atoms with van der Waals surface area (Å²) in [7, 11) is 0. The fourth-order valence-corrected chi connectivity index (χ4v) is 2.91. The Labute approximate surface area is 111 Å². The van der Waals surface area contributed by atoms with Gasteiger partial charge in [0.25, 0.3) is 0 Å². The second-order valence-electron chi connectivity index (χ2n) is 4.38. The first-order valence-corrected chi connectivity index (χ1v) is 7.04. The Bertz CT molecular complexity index is 522. The van der Waals surface area contributed by atoms with E-state index in [0.717, 1.165) is 16.9 Å². The van der Waals surface area contributed by atoms with Crippen LogP contribution in [0.3, 0.4) is 0 Å². The van der Waals surface area contributed by atoms with Crippen LogP contribution in [0.5, 0.6) is 0 Å². The number of nitrogens with one attached hydrogen (secondary N) is 1. The van der Waals surface area contributed by atoms with Crippen LogP contribution in [-0.4, -0.2) is 11.0 Å². The molecule has 1 aromatic carbocycles. The van der Waals surface area contributed by atoms with Gasteiger partial charge in [-0.1, -0.05) is 19.1 Å². The molecular formula is C14H17N3S. The zero-order chi connectivity index (χ0) is 13.0. The van der Waals surface area contributed by atoms with E-state index in [0.29, 0.717) is 6.42 Å². The van der Waals surface area contributed by atoms with Gasteiger partial charge in [-0.05, 0) is 25.5 Å². The lowest BCUT2D eigenvalue weighted by Crippen LogP contribution is -2.30. The number of nitriles is 1. The molecule has 2 rings (SSSR count). The van der Waals surface area contributed by atoms with Gasteiger partial charge in [0.15, 0.2) is 0 Å². The number of para-hydroxylation sites is 1. The molecule has 0 aliphatic rings. The maximum Gasteiger partial charge on any atom is 0.111 e. The van der Waals surface area contributed by atoms with Crippen molar-refractivity contribution < 1.29 is 0 Å². The molecule has 0 spiro atoms. The Morgan fingerprint density at radius 2 is 2.22 bits per heavy atom. The lowest BCUT2D eigenvalue weighted by Gasteiger charge is -2.18. The van der Waals surface area contributed by atoms with Crippen molar-refractivity contribution in [1.82, 2.24) is 10.3 Å². The lowest BCUT2D eigenvalue weighted by atomic mass is 10.1. The predicted molar refractivity (Wildman–Crippen MR) is 75.5 cm³/mol. The Kier molecular flexibility index (Phi) is 4.29. The minimum absolute atomic E-state index is 0.195. The van der Waals surface area contributed by atoms with Crippen LogP contribution in [-0.2, 0) is 0 Å². The molecule has 3 nitrogen and oxygen atoms in total. The first-order chi connectivity index (χ1) is 8.74. The van der Waals surface area contributed by atoms with Crippen LogP contribution in [0.25, 0.3) is 10.2 Å². The van der Waals surface area contributed by atoms with E-state index in [1.54, 1.807) is 11.3 Å². The quantitative estimate of drug-likeness (QED) is 0.891. The molecule has 0 saturated carbocycles. The Morgan fingerprint density at radius 3 is 2.89 bits per heavy atom. The van der Waals surface area contributed by atoms with Gasteiger partial charge in [0, 0.05) is 6.04 Å². The Morgan fingerprint density at radius 1 is 1.44 bits per heavy atom. The highest BCUT2D eigenvalue weighted by Crippen LogP contribution is 2.26. The highest BCUT2D eigenvalue weighted by Gasteiger charge is 2.15. The molecule has 2 aromatic rings. The number of hydrogen-bond donors (Lipinski definition) is 1. The highest BCUT2D eigenvalue weighted by molar-refractivity contribution is 7.18. The van der Waals surface area contributed by atoms with E-state index in [9.17, 15) is 0 Å². The molecular weight excluding hydrogens is 242 g/mol. The third-order valence-electron chi connectivity index (χ3n) is 3.00. The van der Waals surface area contributed by atoms with Gasteiger partial charge in [0.05, 0.1) is 28.7 Å². The summed E-state index contributed by atoms with van der Waals surface area (Å²) in [6.45, 7) is 4.21. The molecule has 0 radical (unpaired) electrons. The Balaban J connectivity index is 2.13. The first kappa shape index (κ1) is 13.0. The van der Waals surface area contributed by atoms with Gasteiger partial charge in [-0.15, -0.1) is 11.3 Å². The van der Waals surface area contributed by atoms with Crippen molar-refractivity contribution in [2.24, 2.45) is 0 Å². The molecule has 1 aromatic heterocycles. The molecule has 1 heterocycles. The van der Waals surface area contributed by atoms with E-state index < -0.39 is 0 Å². The summed E-state index contributed by atoms with van der Waals surface area (Å²) in [4.78, 5) is 4.63. The molecule has 0 amide bonds. The van der Waals surface area contributed by atoms with Crippen molar-refractivity contribution in [3.05, 3.63) is 29.3 Å². The average Bonchev–Trinajstić information content (AvgIpc) is 2.82. The van der Waals surface area contributed by atoms with Crippen molar-refractivity contribution >= 4 is 21.6 Å². The molecule has 0 bridgehead atoms. The average molecular weight is 259 g/mol. The van der Waals surface area contributed by atoms with Gasteiger partial charge in [0.1, 0.15) is 5.01 Å². The van der Waals surface area contributed by atoms with Crippen LogP contribution in [0.4, 0.5) is 0 Å². The zero-order valence-corrected chi connectivity index (χ0v) is 11.5. The van der Waals surface area contributed by atoms with Crippen molar-refractivity contribution in [3.63, 3.8) is 0 Å². The topological polar surface area (TPSA) is 48.7 Å².